The van der Waals surface area contributed by atoms with Crippen LogP contribution in [0.4, 0.5) is 0 Å². The van der Waals surface area contributed by atoms with Crippen molar-refractivity contribution in [3.8, 4) is 0 Å². The molecule has 56 valence electrons. The summed E-state index contributed by atoms with van der Waals surface area (Å²) >= 11 is -1.23. The summed E-state index contributed by atoms with van der Waals surface area (Å²) in [6.45, 7) is 0. The maximum absolute atomic E-state index is 3.85. The molecule has 0 aliphatic rings. The Kier molecular flexibility index (Phi) is 5.88. The molecule has 0 bridgehead atoms. The van der Waals surface area contributed by atoms with Gasteiger partial charge in [-0.25, -0.2) is 0 Å². The van der Waals surface area contributed by atoms with Crippen molar-refractivity contribution >= 4 is 27.9 Å². The second-order valence-electron chi connectivity index (χ2n) is 2.51. The van der Waals surface area contributed by atoms with Crippen molar-refractivity contribution in [3.05, 3.63) is 12.3 Å². The van der Waals surface area contributed by atoms with Crippen LogP contribution in [-0.4, -0.2) is 44.9 Å². The van der Waals surface area contributed by atoms with Crippen molar-refractivity contribution in [2.24, 2.45) is 4.99 Å². The molecule has 0 aliphatic heterocycles. The van der Waals surface area contributed by atoms with E-state index in [4.69, 9.17) is 0 Å². The van der Waals surface area contributed by atoms with E-state index in [-0.39, 0.29) is 0 Å². The first-order valence-electron chi connectivity index (χ1n) is 3.49. The van der Waals surface area contributed by atoms with E-state index in [1.165, 1.54) is 0 Å². The number of allylic oxidation sites excluding steroid dienone is 1. The molecule has 0 spiro atoms. The predicted octanol–water partition coefficient (Wildman–Crippen LogP) is 1.38. The van der Waals surface area contributed by atoms with Gasteiger partial charge in [0.15, 0.2) is 0 Å². The van der Waals surface area contributed by atoms with E-state index in [0.29, 0.717) is 0 Å². The molecule has 0 radical (unpaired) electrons. The third-order valence-electron chi connectivity index (χ3n) is 1.37. The summed E-state index contributed by atoms with van der Waals surface area (Å²) in [5, 5.41) is 0. The Hall–Kier alpha value is 0.0801. The topological polar surface area (TPSA) is 15.6 Å². The van der Waals surface area contributed by atoms with Gasteiger partial charge in [0.25, 0.3) is 0 Å². The van der Waals surface area contributed by atoms with E-state index in [1.807, 2.05) is 12.3 Å². The molecule has 0 aliphatic carbocycles. The molecular weight excluding hydrogens is 227 g/mol. The monoisotopic (exact) mass is 242 g/mol. The molecule has 0 rings (SSSR count). The van der Waals surface area contributed by atoms with Gasteiger partial charge in [-0.3, -0.25) is 0 Å². The Labute approximate surface area is 71.6 Å². The fourth-order valence-corrected chi connectivity index (χ4v) is 1.70. The SMILES string of the molecule is CN=C/C=C\[N](C)[In]([CH3])[CH3]. The summed E-state index contributed by atoms with van der Waals surface area (Å²) in [4.78, 5) is 3.85. The molecule has 0 N–H and O–H groups in total. The molecule has 0 unspecified atom stereocenters. The van der Waals surface area contributed by atoms with Gasteiger partial charge in [-0.1, -0.05) is 0 Å². The van der Waals surface area contributed by atoms with Crippen LogP contribution in [0.1, 0.15) is 0 Å². The average Bonchev–Trinajstić information content (AvgIpc) is 1.88. The van der Waals surface area contributed by atoms with E-state index in [1.54, 1.807) is 7.05 Å². The van der Waals surface area contributed by atoms with Crippen LogP contribution in [0.2, 0.25) is 9.36 Å². The molecule has 2 nitrogen and oxygen atoms in total. The van der Waals surface area contributed by atoms with Crippen molar-refractivity contribution in [1.82, 2.24) is 2.89 Å². The fraction of sp³-hybridized carbons (Fsp3) is 0.571. The number of aliphatic imine (C=N–C) groups is 1. The number of hydrogen-bond acceptors (Lipinski definition) is 2. The third kappa shape index (κ3) is 4.91. The van der Waals surface area contributed by atoms with Crippen LogP contribution in [-0.2, 0) is 0 Å². The van der Waals surface area contributed by atoms with E-state index >= 15 is 0 Å². The molecule has 0 aromatic carbocycles. The average molecular weight is 242 g/mol. The predicted molar refractivity (Wildman–Crippen MR) is 48.8 cm³/mol. The van der Waals surface area contributed by atoms with Crippen LogP contribution in [0.25, 0.3) is 0 Å². The number of rotatable bonds is 3. The van der Waals surface area contributed by atoms with Crippen LogP contribution < -0.4 is 0 Å². The van der Waals surface area contributed by atoms with Crippen molar-refractivity contribution in [2.45, 2.75) is 9.36 Å². The number of nitrogens with zero attached hydrogens (tertiary/aromatic N) is 2. The van der Waals surface area contributed by atoms with Gasteiger partial charge in [0, 0.05) is 0 Å². The normalized spacial score (nSPS) is 11.2. The molecule has 0 saturated carbocycles. The van der Waals surface area contributed by atoms with Gasteiger partial charge in [-0.2, -0.15) is 0 Å². The van der Waals surface area contributed by atoms with Crippen molar-refractivity contribution in [1.29, 1.82) is 0 Å². The Morgan fingerprint density at radius 1 is 1.40 bits per heavy atom. The van der Waals surface area contributed by atoms with E-state index in [9.17, 15) is 0 Å². The summed E-state index contributed by atoms with van der Waals surface area (Å²) in [6, 6.07) is 0. The molecule has 0 heterocycles. The van der Waals surface area contributed by atoms with Crippen molar-refractivity contribution in [2.75, 3.05) is 14.1 Å². The van der Waals surface area contributed by atoms with Gasteiger partial charge in [0.2, 0.25) is 0 Å². The Morgan fingerprint density at radius 3 is 2.40 bits per heavy atom. The molecule has 0 atom stereocenters. The Bertz CT molecular complexity index is 130. The zero-order valence-corrected chi connectivity index (χ0v) is 10.5. The van der Waals surface area contributed by atoms with Gasteiger partial charge in [-0.05, 0) is 0 Å². The standard InChI is InChI=1S/C5H9N2.2CH3.In/c1-6-4-3-5-7-2;;;/h3-5H,1-2H3;2*1H3;/q-1;;;+1/b4-3-,7-5?;;;. The van der Waals surface area contributed by atoms with E-state index in [0.717, 1.165) is 0 Å². The molecule has 0 fully saturated rings. The first-order valence-corrected chi connectivity index (χ1v) is 11.6. The second kappa shape index (κ2) is 5.83. The summed E-state index contributed by atoms with van der Waals surface area (Å²) in [6.07, 6.45) is 5.90. The molecule has 10 heavy (non-hydrogen) atoms. The van der Waals surface area contributed by atoms with Gasteiger partial charge < -0.3 is 0 Å². The summed E-state index contributed by atoms with van der Waals surface area (Å²) in [7, 11) is 3.92. The van der Waals surface area contributed by atoms with Gasteiger partial charge in [0.1, 0.15) is 0 Å². The van der Waals surface area contributed by atoms with Gasteiger partial charge in [0.05, 0.1) is 0 Å². The zero-order chi connectivity index (χ0) is 7.98. The first kappa shape index (κ1) is 10.1. The van der Waals surface area contributed by atoms with Crippen LogP contribution in [0.15, 0.2) is 17.3 Å². The van der Waals surface area contributed by atoms with E-state index in [2.05, 4.69) is 30.5 Å². The Morgan fingerprint density at radius 2 is 2.00 bits per heavy atom. The third-order valence-corrected chi connectivity index (χ3v) is 6.51. The van der Waals surface area contributed by atoms with Crippen LogP contribution in [0.5, 0.6) is 0 Å². The quantitative estimate of drug-likeness (QED) is 0.682. The first-order chi connectivity index (χ1) is 4.68. The fourth-order valence-electron chi connectivity index (χ4n) is 0.432. The minimum atomic E-state index is -1.23. The van der Waals surface area contributed by atoms with Crippen molar-refractivity contribution in [3.63, 3.8) is 0 Å². The van der Waals surface area contributed by atoms with Crippen LogP contribution in [0.3, 0.4) is 0 Å². The summed E-state index contributed by atoms with van der Waals surface area (Å²) in [5.41, 5.74) is 0. The van der Waals surface area contributed by atoms with Gasteiger partial charge >= 0.3 is 71.6 Å². The van der Waals surface area contributed by atoms with Crippen molar-refractivity contribution < 1.29 is 0 Å². The molecule has 0 saturated heterocycles. The summed E-state index contributed by atoms with van der Waals surface area (Å²) in [5.74, 6) is 0. The van der Waals surface area contributed by atoms with Crippen LogP contribution >= 0.6 is 0 Å². The molecule has 0 aromatic rings. The van der Waals surface area contributed by atoms with Crippen LogP contribution in [0, 0.1) is 0 Å². The zero-order valence-electron chi connectivity index (χ0n) is 7.20. The maximum atomic E-state index is 3.85. The molecule has 3 heteroatoms. The molecule has 0 aromatic heterocycles. The van der Waals surface area contributed by atoms with E-state index < -0.39 is 21.7 Å². The summed E-state index contributed by atoms with van der Waals surface area (Å²) < 4.78 is 7.05. The minimum absolute atomic E-state index is 1.23. The molecule has 0 amide bonds. The number of hydrogen-bond donors (Lipinski definition) is 0. The Balaban J connectivity index is 3.66. The molecular formula is C7H15InN2. The van der Waals surface area contributed by atoms with Gasteiger partial charge in [-0.15, -0.1) is 0 Å². The second-order valence-corrected chi connectivity index (χ2v) is 11.1.